The number of nitrogens with two attached hydrogens (primary N) is 1. The molecule has 0 aromatic carbocycles. The molecule has 1 aliphatic rings. The molecule has 5 atom stereocenters. The lowest BCUT2D eigenvalue weighted by molar-refractivity contribution is -0.249. The van der Waals surface area contributed by atoms with Crippen LogP contribution in [0.2, 0.25) is 0 Å². The largest absolute Gasteiger partial charge is 0.388 e. The highest BCUT2D eigenvalue weighted by atomic mass is 16.6. The lowest BCUT2D eigenvalue weighted by Crippen LogP contribution is -2.60. The monoisotopic (exact) mass is 163 g/mol. The summed E-state index contributed by atoms with van der Waals surface area (Å²) < 4.78 is 4.80. The highest BCUT2D eigenvalue weighted by Crippen LogP contribution is 2.17. The van der Waals surface area contributed by atoms with E-state index >= 15 is 0 Å². The molecule has 1 heterocycles. The van der Waals surface area contributed by atoms with Crippen LogP contribution < -0.4 is 5.73 Å². The van der Waals surface area contributed by atoms with Gasteiger partial charge in [-0.25, -0.2) is 0 Å². The van der Waals surface area contributed by atoms with Crippen LogP contribution in [-0.4, -0.2) is 46.0 Å². The van der Waals surface area contributed by atoms with Gasteiger partial charge in [-0.05, 0) is 6.92 Å². The molecule has 5 N–H and O–H groups in total. The second-order valence-corrected chi connectivity index (χ2v) is 2.79. The minimum Gasteiger partial charge on any atom is -0.388 e. The van der Waals surface area contributed by atoms with Crippen LogP contribution in [0.5, 0.6) is 0 Å². The first-order chi connectivity index (χ1) is 5.04. The maximum atomic E-state index is 9.17. The Morgan fingerprint density at radius 3 is 2.27 bits per heavy atom. The van der Waals surface area contributed by atoms with Gasteiger partial charge in [-0.1, -0.05) is 0 Å². The van der Waals surface area contributed by atoms with E-state index in [0.717, 1.165) is 0 Å². The van der Waals surface area contributed by atoms with Gasteiger partial charge in [0.1, 0.15) is 12.2 Å². The van der Waals surface area contributed by atoms with Gasteiger partial charge in [0, 0.05) is 0 Å². The van der Waals surface area contributed by atoms with Crippen LogP contribution in [-0.2, 0) is 4.74 Å². The van der Waals surface area contributed by atoms with E-state index in [4.69, 9.17) is 20.7 Å². The summed E-state index contributed by atoms with van der Waals surface area (Å²) in [5, 5.41) is 27.1. The second kappa shape index (κ2) is 3.04. The molecule has 0 aromatic heterocycles. The predicted octanol–water partition coefficient (Wildman–Crippen LogP) is -2.23. The zero-order chi connectivity index (χ0) is 8.59. The van der Waals surface area contributed by atoms with Crippen molar-refractivity contribution < 1.29 is 20.1 Å². The Morgan fingerprint density at radius 1 is 1.18 bits per heavy atom. The maximum absolute atomic E-state index is 9.17. The van der Waals surface area contributed by atoms with E-state index in [1.165, 1.54) is 0 Å². The molecule has 1 fully saturated rings. The minimum absolute atomic E-state index is 0.441. The third-order valence-electron chi connectivity index (χ3n) is 1.93. The maximum Gasteiger partial charge on any atom is 0.183 e. The van der Waals surface area contributed by atoms with E-state index in [1.807, 2.05) is 0 Å². The number of hydrogen-bond donors (Lipinski definition) is 4. The summed E-state index contributed by atoms with van der Waals surface area (Å²) in [5.74, 6) is 0. The number of aliphatic hydroxyl groups is 3. The average Bonchev–Trinajstić information content (AvgIpc) is 1.97. The highest BCUT2D eigenvalue weighted by Gasteiger charge is 2.39. The van der Waals surface area contributed by atoms with Crippen LogP contribution in [0.15, 0.2) is 0 Å². The van der Waals surface area contributed by atoms with E-state index in [2.05, 4.69) is 0 Å². The summed E-state index contributed by atoms with van der Waals surface area (Å²) in [6, 6.07) is -0.645. The molecule has 0 aliphatic carbocycles. The SMILES string of the molecule is C[C@H]1O[C@H](O)[C@H](O)[C@@H](O)[C@@H]1N. The molecule has 66 valence electrons. The first-order valence-electron chi connectivity index (χ1n) is 3.49. The van der Waals surface area contributed by atoms with Crippen LogP contribution in [0.3, 0.4) is 0 Å². The number of ether oxygens (including phenoxy) is 1. The van der Waals surface area contributed by atoms with Crippen molar-refractivity contribution in [3.63, 3.8) is 0 Å². The van der Waals surface area contributed by atoms with Crippen molar-refractivity contribution in [3.8, 4) is 0 Å². The summed E-state index contributed by atoms with van der Waals surface area (Å²) >= 11 is 0. The molecule has 0 radical (unpaired) electrons. The Kier molecular flexibility index (Phi) is 2.46. The molecular formula is C6H13NO4. The second-order valence-electron chi connectivity index (χ2n) is 2.79. The smallest absolute Gasteiger partial charge is 0.183 e. The van der Waals surface area contributed by atoms with Crippen molar-refractivity contribution in [2.24, 2.45) is 5.73 Å². The Hall–Kier alpha value is -0.200. The lowest BCUT2D eigenvalue weighted by atomic mass is 9.98. The van der Waals surface area contributed by atoms with Gasteiger partial charge < -0.3 is 25.8 Å². The zero-order valence-corrected chi connectivity index (χ0v) is 6.21. The van der Waals surface area contributed by atoms with Gasteiger partial charge in [-0.15, -0.1) is 0 Å². The van der Waals surface area contributed by atoms with Crippen molar-refractivity contribution in [3.05, 3.63) is 0 Å². The first-order valence-corrected chi connectivity index (χ1v) is 3.49. The molecule has 11 heavy (non-hydrogen) atoms. The van der Waals surface area contributed by atoms with Crippen LogP contribution in [0.25, 0.3) is 0 Å². The Morgan fingerprint density at radius 2 is 1.73 bits per heavy atom. The fourth-order valence-corrected chi connectivity index (χ4v) is 1.07. The fourth-order valence-electron chi connectivity index (χ4n) is 1.07. The molecule has 0 saturated carbocycles. The van der Waals surface area contributed by atoms with E-state index in [9.17, 15) is 5.11 Å². The molecule has 1 aliphatic heterocycles. The van der Waals surface area contributed by atoms with Gasteiger partial charge in [0.05, 0.1) is 12.1 Å². The van der Waals surface area contributed by atoms with Crippen LogP contribution >= 0.6 is 0 Å². The van der Waals surface area contributed by atoms with E-state index < -0.39 is 30.6 Å². The molecule has 0 spiro atoms. The van der Waals surface area contributed by atoms with Gasteiger partial charge in [0.25, 0.3) is 0 Å². The van der Waals surface area contributed by atoms with Crippen molar-refractivity contribution in [2.45, 2.75) is 37.6 Å². The average molecular weight is 163 g/mol. The van der Waals surface area contributed by atoms with Crippen molar-refractivity contribution >= 4 is 0 Å². The first kappa shape index (κ1) is 8.89. The Balaban J connectivity index is 2.63. The van der Waals surface area contributed by atoms with Gasteiger partial charge in [-0.3, -0.25) is 0 Å². The van der Waals surface area contributed by atoms with Gasteiger partial charge in [-0.2, -0.15) is 0 Å². The third-order valence-corrected chi connectivity index (χ3v) is 1.93. The molecule has 5 nitrogen and oxygen atoms in total. The van der Waals surface area contributed by atoms with Crippen LogP contribution in [0, 0.1) is 0 Å². The van der Waals surface area contributed by atoms with Crippen molar-refractivity contribution in [1.82, 2.24) is 0 Å². The normalized spacial score (nSPS) is 52.6. The third kappa shape index (κ3) is 1.52. The lowest BCUT2D eigenvalue weighted by Gasteiger charge is -2.37. The van der Waals surface area contributed by atoms with E-state index in [-0.39, 0.29) is 0 Å². The molecule has 1 rings (SSSR count). The summed E-state index contributed by atoms with van der Waals surface area (Å²) in [6.45, 7) is 1.63. The van der Waals surface area contributed by atoms with E-state index in [1.54, 1.807) is 6.92 Å². The molecule has 1 saturated heterocycles. The zero-order valence-electron chi connectivity index (χ0n) is 6.21. The molecule has 0 unspecified atom stereocenters. The number of hydrogen-bond acceptors (Lipinski definition) is 5. The Labute approximate surface area is 64.4 Å². The standard InChI is InChI=1S/C6H13NO4/c1-2-3(7)4(8)5(9)6(10)11-2/h2-6,8-10H,7H2,1H3/t2-,3-,4+,5-,6+/m1/s1. The minimum atomic E-state index is -1.33. The summed E-state index contributed by atoms with van der Waals surface area (Å²) in [4.78, 5) is 0. The predicted molar refractivity (Wildman–Crippen MR) is 36.5 cm³/mol. The number of rotatable bonds is 0. The van der Waals surface area contributed by atoms with E-state index in [0.29, 0.717) is 0 Å². The van der Waals surface area contributed by atoms with Crippen molar-refractivity contribution in [1.29, 1.82) is 0 Å². The highest BCUT2D eigenvalue weighted by molar-refractivity contribution is 4.89. The molecule has 0 bridgehead atoms. The van der Waals surface area contributed by atoms with Crippen molar-refractivity contribution in [2.75, 3.05) is 0 Å². The summed E-state index contributed by atoms with van der Waals surface area (Å²) in [7, 11) is 0. The molecule has 0 amide bonds. The molecular weight excluding hydrogens is 150 g/mol. The molecule has 0 aromatic rings. The Bertz CT molecular complexity index is 129. The van der Waals surface area contributed by atoms with Crippen LogP contribution in [0.4, 0.5) is 0 Å². The topological polar surface area (TPSA) is 95.9 Å². The quantitative estimate of drug-likeness (QED) is 0.324. The summed E-state index contributed by atoms with van der Waals surface area (Å²) in [6.07, 6.45) is -4.20. The summed E-state index contributed by atoms with van der Waals surface area (Å²) in [5.41, 5.74) is 5.43. The van der Waals surface area contributed by atoms with Crippen LogP contribution in [0.1, 0.15) is 6.92 Å². The fraction of sp³-hybridized carbons (Fsp3) is 1.00. The molecule has 5 heteroatoms. The number of aliphatic hydroxyl groups excluding tert-OH is 3. The van der Waals surface area contributed by atoms with Gasteiger partial charge in [0.15, 0.2) is 6.29 Å². The van der Waals surface area contributed by atoms with Gasteiger partial charge >= 0.3 is 0 Å². The van der Waals surface area contributed by atoms with Gasteiger partial charge in [0.2, 0.25) is 0 Å².